The second-order valence-corrected chi connectivity index (χ2v) is 6.69. The van der Waals surface area contributed by atoms with Crippen LogP contribution in [0.5, 0.6) is 0 Å². The van der Waals surface area contributed by atoms with Crippen molar-refractivity contribution in [2.45, 2.75) is 19.9 Å². The number of cyclic esters (lactones) is 1. The van der Waals surface area contributed by atoms with Crippen LogP contribution in [-0.4, -0.2) is 55.5 Å². The van der Waals surface area contributed by atoms with Crippen LogP contribution < -0.4 is 5.32 Å². The van der Waals surface area contributed by atoms with Crippen LogP contribution in [0.4, 0.5) is 4.79 Å². The van der Waals surface area contributed by atoms with Gasteiger partial charge in [-0.15, -0.1) is 10.2 Å². The number of nitrogens with zero attached hydrogens (tertiary/aromatic N) is 5. The molecule has 0 aliphatic carbocycles. The number of aromatic nitrogens is 4. The maximum absolute atomic E-state index is 13.0. The second kappa shape index (κ2) is 7.30. The lowest BCUT2D eigenvalue weighted by molar-refractivity contribution is -0.126. The monoisotopic (exact) mass is 394 g/mol. The molecule has 3 aromatic rings. The van der Waals surface area contributed by atoms with Gasteiger partial charge in [-0.1, -0.05) is 30.3 Å². The summed E-state index contributed by atoms with van der Waals surface area (Å²) in [4.78, 5) is 42.1. The van der Waals surface area contributed by atoms with E-state index in [4.69, 9.17) is 4.74 Å². The van der Waals surface area contributed by atoms with Crippen LogP contribution in [0.25, 0.3) is 5.78 Å². The van der Waals surface area contributed by atoms with Gasteiger partial charge in [-0.3, -0.25) is 14.0 Å². The van der Waals surface area contributed by atoms with E-state index in [1.54, 1.807) is 16.5 Å². The van der Waals surface area contributed by atoms with Crippen molar-refractivity contribution in [2.75, 3.05) is 13.2 Å². The number of ether oxygens (including phenoxy) is 1. The number of benzene rings is 1. The molecule has 1 atom stereocenters. The molecule has 4 rings (SSSR count). The van der Waals surface area contributed by atoms with Crippen molar-refractivity contribution < 1.29 is 19.1 Å². The number of hydrogen-bond donors (Lipinski definition) is 1. The molecule has 3 amide bonds. The van der Waals surface area contributed by atoms with Gasteiger partial charge in [0.1, 0.15) is 0 Å². The fourth-order valence-electron chi connectivity index (χ4n) is 3.26. The number of rotatable bonds is 5. The first-order chi connectivity index (χ1) is 13.9. The van der Waals surface area contributed by atoms with E-state index in [2.05, 4.69) is 20.5 Å². The Kier molecular flexibility index (Phi) is 4.67. The molecule has 1 aliphatic rings. The molecule has 10 heteroatoms. The zero-order chi connectivity index (χ0) is 20.5. The first-order valence-corrected chi connectivity index (χ1v) is 8.96. The van der Waals surface area contributed by atoms with E-state index >= 15 is 0 Å². The number of amides is 3. The third kappa shape index (κ3) is 3.51. The van der Waals surface area contributed by atoms with Crippen LogP contribution in [0.2, 0.25) is 0 Å². The van der Waals surface area contributed by atoms with Crippen LogP contribution >= 0.6 is 0 Å². The van der Waals surface area contributed by atoms with Gasteiger partial charge >= 0.3 is 6.09 Å². The van der Waals surface area contributed by atoms with Crippen molar-refractivity contribution in [3.05, 3.63) is 59.2 Å². The Balaban J connectivity index is 1.65. The molecule has 1 N–H and O–H groups in total. The fraction of sp³-hybridized carbons (Fsp3) is 0.263. The maximum atomic E-state index is 13.0. The fourth-order valence-corrected chi connectivity index (χ4v) is 3.26. The highest BCUT2D eigenvalue weighted by molar-refractivity contribution is 5.98. The summed E-state index contributed by atoms with van der Waals surface area (Å²) >= 11 is 0. The molecule has 1 aromatic carbocycles. The molecule has 0 radical (unpaired) electrons. The predicted molar refractivity (Wildman–Crippen MR) is 100.0 cm³/mol. The highest BCUT2D eigenvalue weighted by Gasteiger charge is 2.34. The molecule has 10 nitrogen and oxygen atoms in total. The van der Waals surface area contributed by atoms with Crippen LogP contribution in [0.1, 0.15) is 33.6 Å². The number of carbonyl (C=O) groups is 3. The summed E-state index contributed by atoms with van der Waals surface area (Å²) in [7, 11) is 0. The SMILES string of the molecule is Cc1cc(C)n2c(C(=O)NC(CN3C(=O)COC3=O)c3ccccc3)nnc2n1. The Bertz CT molecular complexity index is 1090. The normalized spacial score (nSPS) is 14.9. The minimum absolute atomic E-state index is 0.0551. The number of aryl methyl sites for hydroxylation is 2. The van der Waals surface area contributed by atoms with Crippen molar-refractivity contribution in [3.8, 4) is 0 Å². The summed E-state index contributed by atoms with van der Waals surface area (Å²) in [5.41, 5.74) is 2.26. The summed E-state index contributed by atoms with van der Waals surface area (Å²) in [5, 5.41) is 10.8. The van der Waals surface area contributed by atoms with Gasteiger partial charge in [0, 0.05) is 11.4 Å². The quantitative estimate of drug-likeness (QED) is 0.690. The van der Waals surface area contributed by atoms with Gasteiger partial charge < -0.3 is 10.1 Å². The van der Waals surface area contributed by atoms with Crippen molar-refractivity contribution in [1.82, 2.24) is 29.8 Å². The van der Waals surface area contributed by atoms with E-state index < -0.39 is 23.9 Å². The molecule has 148 valence electrons. The highest BCUT2D eigenvalue weighted by Crippen LogP contribution is 2.18. The molecule has 2 aromatic heterocycles. The largest absolute Gasteiger partial charge is 0.439 e. The van der Waals surface area contributed by atoms with E-state index in [-0.39, 0.29) is 19.0 Å². The van der Waals surface area contributed by atoms with Gasteiger partial charge in [-0.05, 0) is 25.5 Å². The summed E-state index contributed by atoms with van der Waals surface area (Å²) in [6, 6.07) is 10.2. The third-order valence-corrected chi connectivity index (χ3v) is 4.61. The lowest BCUT2D eigenvalue weighted by atomic mass is 10.1. The number of carbonyl (C=O) groups excluding carboxylic acids is 3. The van der Waals surface area contributed by atoms with Crippen LogP contribution in [0.3, 0.4) is 0 Å². The number of fused-ring (bicyclic) bond motifs is 1. The summed E-state index contributed by atoms with van der Waals surface area (Å²) in [6.45, 7) is 3.31. The predicted octanol–water partition coefficient (Wildman–Crippen LogP) is 1.19. The minimum Gasteiger partial charge on any atom is -0.439 e. The van der Waals surface area contributed by atoms with Gasteiger partial charge in [-0.2, -0.15) is 0 Å². The summed E-state index contributed by atoms with van der Waals surface area (Å²) in [6.07, 6.45) is -0.728. The van der Waals surface area contributed by atoms with Gasteiger partial charge in [0.15, 0.2) is 6.61 Å². The topological polar surface area (TPSA) is 119 Å². The van der Waals surface area contributed by atoms with Crippen molar-refractivity contribution in [3.63, 3.8) is 0 Å². The highest BCUT2D eigenvalue weighted by atomic mass is 16.6. The standard InChI is InChI=1S/C19H18N6O4/c1-11-8-12(2)25-16(22-23-18(25)20-11)17(27)21-14(13-6-4-3-5-7-13)9-24-15(26)10-29-19(24)28/h3-8,14H,9-10H2,1-2H3,(H,21,27). The van der Waals surface area contributed by atoms with Crippen molar-refractivity contribution in [1.29, 1.82) is 0 Å². The zero-order valence-electron chi connectivity index (χ0n) is 15.8. The van der Waals surface area contributed by atoms with E-state index in [0.29, 0.717) is 5.78 Å². The molecule has 1 unspecified atom stereocenters. The molecule has 1 saturated heterocycles. The Morgan fingerprint density at radius 1 is 1.21 bits per heavy atom. The average molecular weight is 394 g/mol. The van der Waals surface area contributed by atoms with Crippen LogP contribution in [-0.2, 0) is 9.53 Å². The van der Waals surface area contributed by atoms with E-state index in [1.807, 2.05) is 38.1 Å². The molecular weight excluding hydrogens is 376 g/mol. The molecule has 0 spiro atoms. The molecule has 0 saturated carbocycles. The minimum atomic E-state index is -0.728. The van der Waals surface area contributed by atoms with Crippen LogP contribution in [0, 0.1) is 13.8 Å². The first kappa shape index (κ1) is 18.5. The van der Waals surface area contributed by atoms with Crippen molar-refractivity contribution >= 4 is 23.7 Å². The lowest BCUT2D eigenvalue weighted by Crippen LogP contribution is -2.41. The van der Waals surface area contributed by atoms with E-state index in [9.17, 15) is 14.4 Å². The van der Waals surface area contributed by atoms with Crippen LogP contribution in [0.15, 0.2) is 36.4 Å². The number of hydrogen-bond acceptors (Lipinski definition) is 7. The second-order valence-electron chi connectivity index (χ2n) is 6.69. The lowest BCUT2D eigenvalue weighted by Gasteiger charge is -2.22. The van der Waals surface area contributed by atoms with Gasteiger partial charge in [0.05, 0.1) is 12.6 Å². The van der Waals surface area contributed by atoms with Gasteiger partial charge in [0.2, 0.25) is 5.82 Å². The number of nitrogens with one attached hydrogen (secondary N) is 1. The molecule has 29 heavy (non-hydrogen) atoms. The summed E-state index contributed by atoms with van der Waals surface area (Å²) in [5.74, 6) is -0.558. The third-order valence-electron chi connectivity index (χ3n) is 4.61. The zero-order valence-corrected chi connectivity index (χ0v) is 15.8. The Morgan fingerprint density at radius 2 is 1.97 bits per heavy atom. The van der Waals surface area contributed by atoms with E-state index in [0.717, 1.165) is 21.9 Å². The Hall–Kier alpha value is -3.82. The smallest absolute Gasteiger partial charge is 0.417 e. The molecule has 1 fully saturated rings. The van der Waals surface area contributed by atoms with E-state index in [1.165, 1.54) is 0 Å². The summed E-state index contributed by atoms with van der Waals surface area (Å²) < 4.78 is 6.32. The van der Waals surface area contributed by atoms with Gasteiger partial charge in [-0.25, -0.2) is 14.7 Å². The number of imide groups is 1. The average Bonchev–Trinajstić information content (AvgIpc) is 3.26. The Labute approximate surface area is 165 Å². The van der Waals surface area contributed by atoms with Gasteiger partial charge in [0.25, 0.3) is 17.6 Å². The first-order valence-electron chi connectivity index (χ1n) is 8.96. The molecule has 0 bridgehead atoms. The molecular formula is C19H18N6O4. The molecule has 1 aliphatic heterocycles. The van der Waals surface area contributed by atoms with Crippen molar-refractivity contribution in [2.24, 2.45) is 0 Å². The maximum Gasteiger partial charge on any atom is 0.417 e. The Morgan fingerprint density at radius 3 is 2.66 bits per heavy atom. The molecule has 3 heterocycles.